The first kappa shape index (κ1) is 21.0. The molecule has 12 nitrogen and oxygen atoms in total. The highest BCUT2D eigenvalue weighted by molar-refractivity contribution is 5.90. The number of hydrogen-bond acceptors (Lipinski definition) is 10. The van der Waals surface area contributed by atoms with Gasteiger partial charge in [-0.15, -0.1) is 5.10 Å². The van der Waals surface area contributed by atoms with Gasteiger partial charge >= 0.3 is 12.3 Å². The lowest BCUT2D eigenvalue weighted by molar-refractivity contribution is -0.161. The van der Waals surface area contributed by atoms with E-state index in [2.05, 4.69) is 20.2 Å². The highest BCUT2D eigenvalue weighted by Crippen LogP contribution is 2.36. The number of fused-ring (bicyclic) bond motifs is 4. The molecule has 4 aromatic heterocycles. The van der Waals surface area contributed by atoms with Crippen molar-refractivity contribution in [1.82, 2.24) is 29.4 Å². The standard InChI is InChI=1S/C23H21N7O5/c1-2-32-21(31)22-34-15-8-7-13(11-17(15)35-22)5-3-9-29-19-14(12-25-29)20-26-18(16-6-4-10-33-16)28-30(20)23(24)27-19/h4,6-8,10-12,22H,2-3,5,9H2,1H3,(H2,24,27)/t22-/m0/s1. The summed E-state index contributed by atoms with van der Waals surface area (Å²) in [5.41, 5.74) is 8.41. The van der Waals surface area contributed by atoms with E-state index < -0.39 is 12.3 Å². The number of nitrogens with two attached hydrogens (primary N) is 1. The van der Waals surface area contributed by atoms with Crippen LogP contribution in [0.2, 0.25) is 0 Å². The van der Waals surface area contributed by atoms with Crippen LogP contribution in [0.5, 0.6) is 11.5 Å². The number of rotatable bonds is 7. The molecule has 12 heteroatoms. The number of esters is 1. The minimum absolute atomic E-state index is 0.214. The molecule has 0 aliphatic carbocycles. The molecule has 5 aromatic rings. The molecule has 0 saturated heterocycles. The topological polar surface area (TPSA) is 145 Å². The molecule has 0 unspecified atom stereocenters. The molecule has 1 aromatic carbocycles. The maximum Gasteiger partial charge on any atom is 0.389 e. The lowest BCUT2D eigenvalue weighted by Gasteiger charge is -2.07. The van der Waals surface area contributed by atoms with E-state index in [4.69, 9.17) is 24.4 Å². The second-order valence-electron chi connectivity index (χ2n) is 7.93. The van der Waals surface area contributed by atoms with Crippen LogP contribution in [0.25, 0.3) is 28.3 Å². The Bertz CT molecular complexity index is 1540. The average Bonchev–Trinajstić information content (AvgIpc) is 3.64. The van der Waals surface area contributed by atoms with Gasteiger partial charge in [-0.1, -0.05) is 6.07 Å². The van der Waals surface area contributed by atoms with Crippen molar-refractivity contribution in [2.75, 3.05) is 12.3 Å². The number of aromatic nitrogens is 6. The number of hydrogen-bond donors (Lipinski definition) is 1. The zero-order valence-corrected chi connectivity index (χ0v) is 18.7. The molecule has 2 N–H and O–H groups in total. The van der Waals surface area contributed by atoms with E-state index in [1.807, 2.05) is 12.1 Å². The Hall–Kier alpha value is -4.61. The molecule has 1 aliphatic rings. The Balaban J connectivity index is 1.17. The van der Waals surface area contributed by atoms with Crippen molar-refractivity contribution >= 4 is 28.6 Å². The second-order valence-corrected chi connectivity index (χ2v) is 7.93. The van der Waals surface area contributed by atoms with Crippen LogP contribution in [-0.4, -0.2) is 48.2 Å². The zero-order chi connectivity index (χ0) is 23.9. The summed E-state index contributed by atoms with van der Waals surface area (Å²) in [5, 5.41) is 9.65. The number of anilines is 1. The molecule has 0 fully saturated rings. The van der Waals surface area contributed by atoms with E-state index in [-0.39, 0.29) is 12.6 Å². The predicted octanol–water partition coefficient (Wildman–Crippen LogP) is 2.61. The minimum Gasteiger partial charge on any atom is -0.461 e. The molecule has 0 bridgehead atoms. The summed E-state index contributed by atoms with van der Waals surface area (Å²) in [5.74, 6) is 1.70. The van der Waals surface area contributed by atoms with E-state index in [9.17, 15) is 4.79 Å². The first-order valence-corrected chi connectivity index (χ1v) is 11.1. The van der Waals surface area contributed by atoms with Gasteiger partial charge in [0.25, 0.3) is 0 Å². The van der Waals surface area contributed by atoms with Gasteiger partial charge < -0.3 is 24.4 Å². The van der Waals surface area contributed by atoms with Crippen LogP contribution in [0.15, 0.2) is 47.2 Å². The van der Waals surface area contributed by atoms with Crippen molar-refractivity contribution in [3.8, 4) is 23.1 Å². The highest BCUT2D eigenvalue weighted by Gasteiger charge is 2.32. The van der Waals surface area contributed by atoms with E-state index >= 15 is 0 Å². The third kappa shape index (κ3) is 3.68. The Morgan fingerprint density at radius 1 is 1.17 bits per heavy atom. The van der Waals surface area contributed by atoms with Crippen LogP contribution in [0, 0.1) is 0 Å². The second kappa shape index (κ2) is 8.31. The van der Waals surface area contributed by atoms with Gasteiger partial charge in [0.15, 0.2) is 28.6 Å². The van der Waals surface area contributed by atoms with Gasteiger partial charge in [0, 0.05) is 6.54 Å². The molecule has 0 radical (unpaired) electrons. The Morgan fingerprint density at radius 3 is 2.89 bits per heavy atom. The summed E-state index contributed by atoms with van der Waals surface area (Å²) in [7, 11) is 0. The normalized spacial score (nSPS) is 14.7. The molecular weight excluding hydrogens is 454 g/mol. The van der Waals surface area contributed by atoms with Gasteiger partial charge in [-0.3, -0.25) is 0 Å². The quantitative estimate of drug-likeness (QED) is 0.349. The van der Waals surface area contributed by atoms with Crippen LogP contribution in [-0.2, 0) is 22.5 Å². The summed E-state index contributed by atoms with van der Waals surface area (Å²) in [6.45, 7) is 2.61. The Labute approximate surface area is 198 Å². The van der Waals surface area contributed by atoms with Crippen LogP contribution >= 0.6 is 0 Å². The summed E-state index contributed by atoms with van der Waals surface area (Å²) in [4.78, 5) is 20.9. The number of benzene rings is 1. The number of carbonyl (C=O) groups is 1. The van der Waals surface area contributed by atoms with Crippen LogP contribution < -0.4 is 15.2 Å². The van der Waals surface area contributed by atoms with E-state index in [1.165, 1.54) is 4.52 Å². The number of ether oxygens (including phenoxy) is 3. The molecule has 1 atom stereocenters. The van der Waals surface area contributed by atoms with Crippen molar-refractivity contribution in [2.45, 2.75) is 32.6 Å². The number of nitrogen functional groups attached to an aromatic ring is 1. The molecule has 5 heterocycles. The van der Waals surface area contributed by atoms with E-state index in [0.29, 0.717) is 40.9 Å². The van der Waals surface area contributed by atoms with Crippen molar-refractivity contribution in [2.24, 2.45) is 0 Å². The predicted molar refractivity (Wildman–Crippen MR) is 123 cm³/mol. The minimum atomic E-state index is -1.06. The van der Waals surface area contributed by atoms with Crippen molar-refractivity contribution in [1.29, 1.82) is 0 Å². The summed E-state index contributed by atoms with van der Waals surface area (Å²) in [6, 6.07) is 9.18. The first-order chi connectivity index (χ1) is 17.1. The molecule has 178 valence electrons. The largest absolute Gasteiger partial charge is 0.461 e. The molecule has 0 amide bonds. The molecular formula is C23H21N7O5. The van der Waals surface area contributed by atoms with Crippen LogP contribution in [0.4, 0.5) is 5.95 Å². The third-order valence-corrected chi connectivity index (χ3v) is 5.63. The van der Waals surface area contributed by atoms with Crippen LogP contribution in [0.3, 0.4) is 0 Å². The number of carbonyl (C=O) groups excluding carboxylic acids is 1. The van der Waals surface area contributed by atoms with Crippen molar-refractivity contribution in [3.63, 3.8) is 0 Å². The zero-order valence-electron chi connectivity index (χ0n) is 18.7. The smallest absolute Gasteiger partial charge is 0.389 e. The SMILES string of the molecule is CCOC(=O)[C@H]1Oc2ccc(CCCn3ncc4c3nc(N)n3nc(-c5ccco5)nc43)cc2O1. The molecule has 0 spiro atoms. The fourth-order valence-electron chi connectivity index (χ4n) is 4.02. The Morgan fingerprint density at radius 2 is 2.06 bits per heavy atom. The van der Waals surface area contributed by atoms with Gasteiger partial charge in [0.1, 0.15) is 0 Å². The van der Waals surface area contributed by atoms with E-state index in [1.54, 1.807) is 42.3 Å². The van der Waals surface area contributed by atoms with E-state index in [0.717, 1.165) is 23.8 Å². The van der Waals surface area contributed by atoms with Gasteiger partial charge in [0.2, 0.25) is 11.8 Å². The maximum absolute atomic E-state index is 11.9. The summed E-state index contributed by atoms with van der Waals surface area (Å²) >= 11 is 0. The summed E-state index contributed by atoms with van der Waals surface area (Å²) < 4.78 is 24.7. The fraction of sp³-hybridized carbons (Fsp3) is 0.261. The fourth-order valence-corrected chi connectivity index (χ4v) is 4.02. The first-order valence-electron chi connectivity index (χ1n) is 11.1. The average molecular weight is 475 g/mol. The highest BCUT2D eigenvalue weighted by atomic mass is 16.7. The maximum atomic E-state index is 11.9. The van der Waals surface area contributed by atoms with Crippen molar-refractivity contribution in [3.05, 3.63) is 48.4 Å². The molecule has 35 heavy (non-hydrogen) atoms. The number of furan rings is 1. The van der Waals surface area contributed by atoms with Gasteiger partial charge in [-0.25, -0.2) is 14.5 Å². The van der Waals surface area contributed by atoms with Gasteiger partial charge in [0.05, 0.1) is 24.5 Å². The molecule has 6 rings (SSSR count). The van der Waals surface area contributed by atoms with Gasteiger partial charge in [-0.2, -0.15) is 14.6 Å². The lowest BCUT2D eigenvalue weighted by Crippen LogP contribution is -2.30. The van der Waals surface area contributed by atoms with Gasteiger partial charge in [-0.05, 0) is 49.6 Å². The summed E-state index contributed by atoms with van der Waals surface area (Å²) in [6.07, 6.45) is 3.76. The number of nitrogens with zero attached hydrogens (tertiary/aromatic N) is 6. The van der Waals surface area contributed by atoms with Crippen molar-refractivity contribution < 1.29 is 23.4 Å². The Kier molecular flexibility index (Phi) is 4.98. The molecule has 0 saturated carbocycles. The van der Waals surface area contributed by atoms with Crippen LogP contribution in [0.1, 0.15) is 18.9 Å². The monoisotopic (exact) mass is 475 g/mol. The lowest BCUT2D eigenvalue weighted by atomic mass is 10.1. The molecule has 1 aliphatic heterocycles. The third-order valence-electron chi connectivity index (χ3n) is 5.63. The number of aryl methyl sites for hydroxylation is 2.